The maximum atomic E-state index is 13.2. The van der Waals surface area contributed by atoms with E-state index in [9.17, 15) is 9.59 Å². The minimum absolute atomic E-state index is 0.138. The van der Waals surface area contributed by atoms with Crippen LogP contribution in [0.4, 0.5) is 0 Å². The highest BCUT2D eigenvalue weighted by Gasteiger charge is 2.18. The third-order valence-electron chi connectivity index (χ3n) is 4.50. The van der Waals surface area contributed by atoms with Crippen LogP contribution in [0.1, 0.15) is 43.4 Å². The van der Waals surface area contributed by atoms with Gasteiger partial charge >= 0.3 is 0 Å². The number of fused-ring (bicyclic) bond motifs is 1. The number of nitrogens with zero attached hydrogens (tertiary/aromatic N) is 2. The number of aromatic nitrogens is 2. The number of hydrogen-bond acceptors (Lipinski definition) is 4. The standard InChI is InChI=1S/C23H26ClN3O3/c1-4-10-27(23(29)16-6-5-7-18(11-16)30-14-15(2)3)13-21-25-20-12-17(24)8-9-19(20)22(28)26-21/h5-9,11-12,15H,4,10,13-14H2,1-3H3,(H,25,26,28). The molecule has 0 saturated heterocycles. The minimum atomic E-state index is -0.250. The van der Waals surface area contributed by atoms with Gasteiger partial charge in [0, 0.05) is 17.1 Å². The normalized spacial score (nSPS) is 11.1. The number of rotatable bonds is 8. The van der Waals surface area contributed by atoms with E-state index in [1.165, 1.54) is 0 Å². The minimum Gasteiger partial charge on any atom is -0.493 e. The SMILES string of the molecule is CCCN(Cc1nc2cc(Cl)ccc2c(=O)[nH]1)C(=O)c1cccc(OCC(C)C)c1. The number of amides is 1. The van der Waals surface area contributed by atoms with Crippen molar-refractivity contribution in [1.29, 1.82) is 0 Å². The molecule has 0 atom stereocenters. The molecule has 30 heavy (non-hydrogen) atoms. The van der Waals surface area contributed by atoms with Gasteiger partial charge in [-0.1, -0.05) is 38.4 Å². The molecule has 6 nitrogen and oxygen atoms in total. The molecule has 0 aliphatic rings. The van der Waals surface area contributed by atoms with E-state index in [-0.39, 0.29) is 18.0 Å². The summed E-state index contributed by atoms with van der Waals surface area (Å²) in [6.45, 7) is 7.46. The van der Waals surface area contributed by atoms with E-state index < -0.39 is 0 Å². The average Bonchev–Trinajstić information content (AvgIpc) is 2.71. The van der Waals surface area contributed by atoms with Gasteiger partial charge in [-0.25, -0.2) is 4.98 Å². The molecular formula is C23H26ClN3O3. The first-order chi connectivity index (χ1) is 14.4. The molecule has 0 fully saturated rings. The fourth-order valence-corrected chi connectivity index (χ4v) is 3.27. The Kier molecular flexibility index (Phi) is 7.11. The molecule has 0 unspecified atom stereocenters. The van der Waals surface area contributed by atoms with Crippen LogP contribution in [0.15, 0.2) is 47.3 Å². The van der Waals surface area contributed by atoms with Crippen molar-refractivity contribution in [2.45, 2.75) is 33.7 Å². The number of aromatic amines is 1. The summed E-state index contributed by atoms with van der Waals surface area (Å²) in [5, 5.41) is 0.970. The second-order valence-corrected chi connectivity index (χ2v) is 8.07. The van der Waals surface area contributed by atoms with Gasteiger partial charge in [0.05, 0.1) is 24.1 Å². The molecular weight excluding hydrogens is 402 g/mol. The third-order valence-corrected chi connectivity index (χ3v) is 4.74. The zero-order chi connectivity index (χ0) is 21.7. The van der Waals surface area contributed by atoms with Gasteiger partial charge in [0.15, 0.2) is 0 Å². The predicted octanol–water partition coefficient (Wildman–Crippen LogP) is 4.66. The highest BCUT2D eigenvalue weighted by atomic mass is 35.5. The quantitative estimate of drug-likeness (QED) is 0.567. The molecule has 3 rings (SSSR count). The summed E-state index contributed by atoms with van der Waals surface area (Å²) < 4.78 is 5.75. The number of carbonyl (C=O) groups is 1. The fourth-order valence-electron chi connectivity index (χ4n) is 3.10. The Morgan fingerprint density at radius 3 is 2.77 bits per heavy atom. The van der Waals surface area contributed by atoms with Crippen LogP contribution >= 0.6 is 11.6 Å². The second kappa shape index (κ2) is 9.76. The summed E-state index contributed by atoms with van der Waals surface area (Å²) in [5.74, 6) is 1.34. The van der Waals surface area contributed by atoms with Gasteiger partial charge < -0.3 is 14.6 Å². The molecule has 3 aromatic rings. The molecule has 0 aliphatic heterocycles. The molecule has 158 valence electrons. The predicted molar refractivity (Wildman–Crippen MR) is 119 cm³/mol. The summed E-state index contributed by atoms with van der Waals surface area (Å²) in [7, 11) is 0. The first-order valence-electron chi connectivity index (χ1n) is 10.1. The number of carbonyl (C=O) groups excluding carboxylic acids is 1. The van der Waals surface area contributed by atoms with E-state index in [1.807, 2.05) is 19.1 Å². The monoisotopic (exact) mass is 427 g/mol. The Balaban J connectivity index is 1.85. The molecule has 2 aromatic carbocycles. The molecule has 1 N–H and O–H groups in total. The van der Waals surface area contributed by atoms with Crippen LogP contribution in [-0.2, 0) is 6.54 Å². The maximum absolute atomic E-state index is 13.2. The lowest BCUT2D eigenvalue weighted by molar-refractivity contribution is 0.0738. The summed E-state index contributed by atoms with van der Waals surface area (Å²) in [6.07, 6.45) is 0.777. The van der Waals surface area contributed by atoms with Gasteiger partial charge in [-0.3, -0.25) is 9.59 Å². The maximum Gasteiger partial charge on any atom is 0.258 e. The van der Waals surface area contributed by atoms with Gasteiger partial charge in [-0.05, 0) is 48.7 Å². The van der Waals surface area contributed by atoms with Crippen LogP contribution < -0.4 is 10.3 Å². The van der Waals surface area contributed by atoms with Crippen molar-refractivity contribution in [2.75, 3.05) is 13.2 Å². The van der Waals surface area contributed by atoms with Gasteiger partial charge in [0.25, 0.3) is 11.5 Å². The fraction of sp³-hybridized carbons (Fsp3) is 0.348. The van der Waals surface area contributed by atoms with Crippen molar-refractivity contribution in [1.82, 2.24) is 14.9 Å². The van der Waals surface area contributed by atoms with Crippen molar-refractivity contribution < 1.29 is 9.53 Å². The highest BCUT2D eigenvalue weighted by molar-refractivity contribution is 6.31. The molecule has 0 bridgehead atoms. The Bertz CT molecular complexity index is 1090. The topological polar surface area (TPSA) is 75.3 Å². The third kappa shape index (κ3) is 5.39. The van der Waals surface area contributed by atoms with E-state index in [1.54, 1.807) is 35.2 Å². The number of halogens is 1. The summed E-state index contributed by atoms with van der Waals surface area (Å²) >= 11 is 6.04. The first kappa shape index (κ1) is 21.8. The van der Waals surface area contributed by atoms with Crippen LogP contribution in [0.25, 0.3) is 10.9 Å². The zero-order valence-electron chi connectivity index (χ0n) is 17.4. The lowest BCUT2D eigenvalue weighted by Gasteiger charge is -2.22. The number of ether oxygens (including phenoxy) is 1. The Morgan fingerprint density at radius 1 is 1.23 bits per heavy atom. The van der Waals surface area contributed by atoms with E-state index >= 15 is 0 Å². The Morgan fingerprint density at radius 2 is 2.03 bits per heavy atom. The molecule has 0 saturated carbocycles. The molecule has 1 aromatic heterocycles. The molecule has 0 aliphatic carbocycles. The Labute approximate surface area is 180 Å². The lowest BCUT2D eigenvalue weighted by atomic mass is 10.1. The molecule has 0 radical (unpaired) electrons. The largest absolute Gasteiger partial charge is 0.493 e. The van der Waals surface area contributed by atoms with Crippen molar-refractivity contribution in [3.63, 3.8) is 0 Å². The lowest BCUT2D eigenvalue weighted by Crippen LogP contribution is -2.32. The van der Waals surface area contributed by atoms with Gasteiger partial charge in [0.2, 0.25) is 0 Å². The summed E-state index contributed by atoms with van der Waals surface area (Å²) in [5.41, 5.74) is 0.796. The molecule has 7 heteroatoms. The number of hydrogen-bond donors (Lipinski definition) is 1. The number of H-pyrrole nitrogens is 1. The first-order valence-corrected chi connectivity index (χ1v) is 10.5. The van der Waals surface area contributed by atoms with Crippen molar-refractivity contribution in [3.05, 3.63) is 69.2 Å². The van der Waals surface area contributed by atoms with Crippen LogP contribution in [0.3, 0.4) is 0 Å². The highest BCUT2D eigenvalue weighted by Crippen LogP contribution is 2.18. The van der Waals surface area contributed by atoms with E-state index in [0.29, 0.717) is 52.1 Å². The Hall–Kier alpha value is -2.86. The molecule has 1 heterocycles. The number of nitrogens with one attached hydrogen (secondary N) is 1. The molecule has 1 amide bonds. The smallest absolute Gasteiger partial charge is 0.258 e. The van der Waals surface area contributed by atoms with Crippen molar-refractivity contribution in [3.8, 4) is 5.75 Å². The van der Waals surface area contributed by atoms with E-state index in [2.05, 4.69) is 23.8 Å². The van der Waals surface area contributed by atoms with Crippen LogP contribution in [0.2, 0.25) is 5.02 Å². The van der Waals surface area contributed by atoms with Gasteiger partial charge in [-0.2, -0.15) is 0 Å². The number of benzene rings is 2. The van der Waals surface area contributed by atoms with Gasteiger partial charge in [0.1, 0.15) is 11.6 Å². The van der Waals surface area contributed by atoms with E-state index in [4.69, 9.17) is 16.3 Å². The second-order valence-electron chi connectivity index (χ2n) is 7.63. The van der Waals surface area contributed by atoms with Crippen molar-refractivity contribution in [2.24, 2.45) is 5.92 Å². The van der Waals surface area contributed by atoms with E-state index in [0.717, 1.165) is 6.42 Å². The zero-order valence-corrected chi connectivity index (χ0v) is 18.2. The average molecular weight is 428 g/mol. The molecule has 0 spiro atoms. The van der Waals surface area contributed by atoms with Crippen LogP contribution in [0, 0.1) is 5.92 Å². The summed E-state index contributed by atoms with van der Waals surface area (Å²) in [4.78, 5) is 34.5. The van der Waals surface area contributed by atoms with Crippen LogP contribution in [-0.4, -0.2) is 33.9 Å². The van der Waals surface area contributed by atoms with Crippen molar-refractivity contribution >= 4 is 28.4 Å². The van der Waals surface area contributed by atoms with Crippen LogP contribution in [0.5, 0.6) is 5.75 Å². The van der Waals surface area contributed by atoms with Gasteiger partial charge in [-0.15, -0.1) is 0 Å². The summed E-state index contributed by atoms with van der Waals surface area (Å²) in [6, 6.07) is 12.1.